The predicted molar refractivity (Wildman–Crippen MR) is 189 cm³/mol. The molecule has 1 amide bonds. The van der Waals surface area contributed by atoms with Gasteiger partial charge in [0.2, 0.25) is 5.90 Å². The van der Waals surface area contributed by atoms with Gasteiger partial charge in [-0.3, -0.25) is 4.79 Å². The van der Waals surface area contributed by atoms with Crippen molar-refractivity contribution in [1.29, 1.82) is 0 Å². The molecule has 5 rings (SSSR count). The molecule has 1 aliphatic rings. The van der Waals surface area contributed by atoms with Crippen LogP contribution in [-0.2, 0) is 28.9 Å². The van der Waals surface area contributed by atoms with E-state index in [0.29, 0.717) is 46.5 Å². The molecule has 2 N–H and O–H groups in total. The molecular weight excluding hydrogens is 649 g/mol. The van der Waals surface area contributed by atoms with Crippen molar-refractivity contribution < 1.29 is 19.4 Å². The lowest BCUT2D eigenvalue weighted by Crippen LogP contribution is -2.50. The molecule has 48 heavy (non-hydrogen) atoms. The molecule has 2 atom stereocenters. The van der Waals surface area contributed by atoms with Gasteiger partial charge in [0.1, 0.15) is 5.75 Å². The number of carbonyl (C=O) groups is 1. The zero-order chi connectivity index (χ0) is 33.8. The van der Waals surface area contributed by atoms with Gasteiger partial charge < -0.3 is 19.9 Å². The van der Waals surface area contributed by atoms with Gasteiger partial charge in [-0.15, -0.1) is 0 Å². The topological polar surface area (TPSA) is 129 Å². The Morgan fingerprint density at radius 1 is 0.979 bits per heavy atom. The number of nitrogens with one attached hydrogen (secondary N) is 1. The number of halogens is 2. The number of aliphatic imine (C=N–C) groups is 1. The van der Waals surface area contributed by atoms with Gasteiger partial charge in [0.05, 0.1) is 13.2 Å². The van der Waals surface area contributed by atoms with Gasteiger partial charge in [0.25, 0.3) is 5.91 Å². The number of carbonyl (C=O) groups excluding carboxylic acids is 1. The average Bonchev–Trinajstić information content (AvgIpc) is 3.48. The molecule has 4 aromatic carbocycles. The fourth-order valence-electron chi connectivity index (χ4n) is 5.71. The van der Waals surface area contributed by atoms with E-state index in [2.05, 4.69) is 27.5 Å². The highest BCUT2D eigenvalue weighted by molar-refractivity contribution is 6.35. The number of unbranched alkanes of at least 4 members (excludes halogenated alkanes) is 1. The first-order chi connectivity index (χ1) is 23.4. The summed E-state index contributed by atoms with van der Waals surface area (Å²) >= 11 is 13.1. The number of nitrogens with zero attached hydrogens (tertiary/aromatic N) is 4. The highest BCUT2D eigenvalue weighted by atomic mass is 35.5. The standard InChI is InChI=1S/C37H37Cl2N5O4/c38-30-16-19-32(33(39)23-30)34-37(24-28-12-4-5-13-29(28)25-42-44-40,36(46)41-20-7-6-11-26-9-2-1-3-10-26)43-35(48-34)27-14-17-31(18-15-27)47-22-8-21-45/h1-5,9-10,12-19,23,34,45H,6-8,11,20-22,24-25H2,(H,41,46)/t34-,37-/m1/s1. The first kappa shape index (κ1) is 34.8. The van der Waals surface area contributed by atoms with Crippen LogP contribution in [0.25, 0.3) is 10.4 Å². The van der Waals surface area contributed by atoms with E-state index in [1.54, 1.807) is 30.3 Å². The second-order valence-electron chi connectivity index (χ2n) is 11.5. The third-order valence-electron chi connectivity index (χ3n) is 8.18. The fourth-order valence-corrected chi connectivity index (χ4v) is 6.22. The lowest BCUT2D eigenvalue weighted by Gasteiger charge is -2.32. The Bertz CT molecular complexity index is 1760. The Morgan fingerprint density at radius 2 is 1.73 bits per heavy atom. The van der Waals surface area contributed by atoms with Gasteiger partial charge in [0.15, 0.2) is 11.6 Å². The molecule has 0 saturated heterocycles. The molecule has 0 bridgehead atoms. The summed E-state index contributed by atoms with van der Waals surface area (Å²) in [5.41, 5.74) is 11.6. The smallest absolute Gasteiger partial charge is 0.252 e. The van der Waals surface area contributed by atoms with Gasteiger partial charge in [-0.05, 0) is 77.9 Å². The third-order valence-corrected chi connectivity index (χ3v) is 8.74. The summed E-state index contributed by atoms with van der Waals surface area (Å²) in [6.07, 6.45) is 2.33. The zero-order valence-electron chi connectivity index (χ0n) is 26.4. The first-order valence-electron chi connectivity index (χ1n) is 15.9. The minimum atomic E-state index is -1.48. The molecule has 248 valence electrons. The monoisotopic (exact) mass is 685 g/mol. The molecule has 0 saturated carbocycles. The van der Waals surface area contributed by atoms with Crippen LogP contribution in [0.15, 0.2) is 107 Å². The van der Waals surface area contributed by atoms with Crippen molar-refractivity contribution in [3.05, 3.63) is 145 Å². The van der Waals surface area contributed by atoms with E-state index in [1.165, 1.54) is 5.56 Å². The van der Waals surface area contributed by atoms with Crippen LogP contribution in [0.2, 0.25) is 10.0 Å². The molecule has 0 fully saturated rings. The van der Waals surface area contributed by atoms with Crippen LogP contribution < -0.4 is 10.1 Å². The van der Waals surface area contributed by atoms with Crippen molar-refractivity contribution >= 4 is 35.0 Å². The summed E-state index contributed by atoms with van der Waals surface area (Å²) in [5, 5.41) is 16.8. The molecule has 11 heteroatoms. The molecular formula is C37H37Cl2N5O4. The number of aliphatic hydroxyl groups is 1. The predicted octanol–water partition coefficient (Wildman–Crippen LogP) is 8.20. The number of ether oxygens (including phenoxy) is 2. The number of aryl methyl sites for hydroxylation is 1. The maximum atomic E-state index is 14.6. The van der Waals surface area contributed by atoms with E-state index in [0.717, 1.165) is 30.4 Å². The van der Waals surface area contributed by atoms with E-state index in [1.807, 2.05) is 54.6 Å². The molecule has 0 aliphatic carbocycles. The van der Waals surface area contributed by atoms with Crippen molar-refractivity contribution in [3.63, 3.8) is 0 Å². The molecule has 1 heterocycles. The maximum Gasteiger partial charge on any atom is 0.252 e. The first-order valence-corrected chi connectivity index (χ1v) is 16.6. The third kappa shape index (κ3) is 8.68. The van der Waals surface area contributed by atoms with Crippen molar-refractivity contribution in [1.82, 2.24) is 5.32 Å². The summed E-state index contributed by atoms with van der Waals surface area (Å²) < 4.78 is 12.3. The second kappa shape index (κ2) is 17.0. The summed E-state index contributed by atoms with van der Waals surface area (Å²) in [5.74, 6) is 0.602. The number of amides is 1. The van der Waals surface area contributed by atoms with Gasteiger partial charge in [-0.25, -0.2) is 4.99 Å². The lowest BCUT2D eigenvalue weighted by molar-refractivity contribution is -0.128. The Kier molecular flexibility index (Phi) is 12.4. The zero-order valence-corrected chi connectivity index (χ0v) is 27.9. The van der Waals surface area contributed by atoms with Crippen molar-refractivity contribution in [2.45, 2.75) is 50.3 Å². The largest absolute Gasteiger partial charge is 0.494 e. The molecule has 0 spiro atoms. The summed E-state index contributed by atoms with van der Waals surface area (Å²) in [7, 11) is 0. The minimum absolute atomic E-state index is 0.0422. The average molecular weight is 687 g/mol. The number of hydrogen-bond acceptors (Lipinski definition) is 6. The molecule has 9 nitrogen and oxygen atoms in total. The van der Waals surface area contributed by atoms with E-state index < -0.39 is 11.6 Å². The van der Waals surface area contributed by atoms with Gasteiger partial charge in [-0.1, -0.05) is 89.0 Å². The molecule has 0 unspecified atom stereocenters. The molecule has 0 radical (unpaired) electrons. The maximum absolute atomic E-state index is 14.6. The Morgan fingerprint density at radius 3 is 2.46 bits per heavy atom. The van der Waals surface area contributed by atoms with Crippen LogP contribution in [0.4, 0.5) is 0 Å². The van der Waals surface area contributed by atoms with E-state index in [9.17, 15) is 4.79 Å². The highest BCUT2D eigenvalue weighted by Crippen LogP contribution is 2.45. The van der Waals surface area contributed by atoms with Crippen LogP contribution in [0.3, 0.4) is 0 Å². The highest BCUT2D eigenvalue weighted by Gasteiger charge is 2.54. The molecule has 0 aromatic heterocycles. The Balaban J connectivity index is 1.52. The number of rotatable bonds is 16. The molecule has 1 aliphatic heterocycles. The SMILES string of the molecule is [N-]=[N+]=NCc1ccccc1C[C@@]1(C(=O)NCCCCc2ccccc2)N=C(c2ccc(OCCCO)cc2)O[C@@H]1c1ccc(Cl)cc1Cl. The van der Waals surface area contributed by atoms with E-state index >= 15 is 0 Å². The van der Waals surface area contributed by atoms with Crippen LogP contribution in [-0.4, -0.2) is 42.2 Å². The summed E-state index contributed by atoms with van der Waals surface area (Å²) in [6, 6.07) is 30.1. The number of hydrogen-bond donors (Lipinski definition) is 2. The fraction of sp³-hybridized carbons (Fsp3) is 0.297. The Labute approximate surface area is 290 Å². The number of azide groups is 1. The van der Waals surface area contributed by atoms with Gasteiger partial charge >= 0.3 is 0 Å². The second-order valence-corrected chi connectivity index (χ2v) is 12.3. The van der Waals surface area contributed by atoms with Crippen LogP contribution in [0.5, 0.6) is 5.75 Å². The van der Waals surface area contributed by atoms with Gasteiger partial charge in [0, 0.05) is 52.1 Å². The Hall–Kier alpha value is -4.53. The molecule has 4 aromatic rings. The van der Waals surface area contributed by atoms with Crippen LogP contribution in [0.1, 0.15) is 53.2 Å². The van der Waals surface area contributed by atoms with E-state index in [-0.39, 0.29) is 31.4 Å². The van der Waals surface area contributed by atoms with Crippen molar-refractivity contribution in [3.8, 4) is 5.75 Å². The van der Waals surface area contributed by atoms with Gasteiger partial charge in [-0.2, -0.15) is 0 Å². The number of aliphatic hydroxyl groups excluding tert-OH is 1. The van der Waals surface area contributed by atoms with E-state index in [4.69, 9.17) is 48.3 Å². The summed E-state index contributed by atoms with van der Waals surface area (Å²) in [6.45, 7) is 0.986. The quantitative estimate of drug-likeness (QED) is 0.0533. The van der Waals surface area contributed by atoms with Crippen molar-refractivity contribution in [2.75, 3.05) is 19.8 Å². The summed E-state index contributed by atoms with van der Waals surface area (Å²) in [4.78, 5) is 22.6. The normalized spacial score (nSPS) is 16.8. The minimum Gasteiger partial charge on any atom is -0.494 e. The van der Waals surface area contributed by atoms with Crippen molar-refractivity contribution in [2.24, 2.45) is 10.1 Å². The number of benzene rings is 4. The van der Waals surface area contributed by atoms with Crippen LogP contribution in [0, 0.1) is 0 Å². The lowest BCUT2D eigenvalue weighted by atomic mass is 9.80. The van der Waals surface area contributed by atoms with Crippen LogP contribution >= 0.6 is 23.2 Å².